The van der Waals surface area contributed by atoms with E-state index in [9.17, 15) is 13.2 Å². The molecule has 0 aromatic heterocycles. The summed E-state index contributed by atoms with van der Waals surface area (Å²) in [7, 11) is 0. The minimum atomic E-state index is -4.65. The first-order valence-electron chi connectivity index (χ1n) is 7.37. The van der Waals surface area contributed by atoms with E-state index in [0.29, 0.717) is 11.8 Å². The van der Waals surface area contributed by atoms with Gasteiger partial charge in [-0.2, -0.15) is 0 Å². The van der Waals surface area contributed by atoms with E-state index in [1.54, 1.807) is 12.1 Å². The van der Waals surface area contributed by atoms with Crippen LogP contribution >= 0.6 is 0 Å². The van der Waals surface area contributed by atoms with Gasteiger partial charge in [0.2, 0.25) is 0 Å². The van der Waals surface area contributed by atoms with Crippen LogP contribution in [0.25, 0.3) is 0 Å². The van der Waals surface area contributed by atoms with Gasteiger partial charge in [-0.05, 0) is 48.3 Å². The Morgan fingerprint density at radius 3 is 2.24 bits per heavy atom. The summed E-state index contributed by atoms with van der Waals surface area (Å²) in [5.41, 5.74) is 7.16. The van der Waals surface area contributed by atoms with Crippen LogP contribution in [0.3, 0.4) is 0 Å². The number of hydrogen-bond donors (Lipinski definition) is 1. The maximum Gasteiger partial charge on any atom is 0.573 e. The lowest BCUT2D eigenvalue weighted by Gasteiger charge is -2.35. The summed E-state index contributed by atoms with van der Waals surface area (Å²) in [6.07, 6.45) is -1.34. The van der Waals surface area contributed by atoms with E-state index in [1.165, 1.54) is 12.1 Å². The van der Waals surface area contributed by atoms with Crippen LogP contribution in [0.2, 0.25) is 0 Å². The number of rotatable bonds is 3. The fraction of sp³-hybridized carbons (Fsp3) is 0.625. The van der Waals surface area contributed by atoms with Crippen molar-refractivity contribution in [2.45, 2.75) is 45.5 Å². The molecule has 118 valence electrons. The van der Waals surface area contributed by atoms with Crippen LogP contribution in [-0.2, 0) is 0 Å². The third-order valence-electron chi connectivity index (χ3n) is 4.65. The van der Waals surface area contributed by atoms with Crippen molar-refractivity contribution >= 4 is 0 Å². The van der Waals surface area contributed by atoms with E-state index >= 15 is 0 Å². The first-order valence-corrected chi connectivity index (χ1v) is 7.37. The fourth-order valence-corrected chi connectivity index (χ4v) is 3.08. The lowest BCUT2D eigenvalue weighted by molar-refractivity contribution is -0.274. The molecular formula is C16H22F3NO. The molecule has 4 unspecified atom stereocenters. The summed E-state index contributed by atoms with van der Waals surface area (Å²) in [5.74, 6) is 1.55. The van der Waals surface area contributed by atoms with Crippen LogP contribution < -0.4 is 10.5 Å². The van der Waals surface area contributed by atoms with Crippen LogP contribution in [0.4, 0.5) is 13.2 Å². The molecule has 2 nitrogen and oxygen atoms in total. The van der Waals surface area contributed by atoms with Gasteiger partial charge >= 0.3 is 6.36 Å². The highest BCUT2D eigenvalue weighted by Crippen LogP contribution is 2.39. The van der Waals surface area contributed by atoms with Gasteiger partial charge in [-0.3, -0.25) is 0 Å². The molecule has 1 aromatic rings. The Bertz CT molecular complexity index is 458. The third kappa shape index (κ3) is 4.37. The Morgan fingerprint density at radius 2 is 1.71 bits per heavy atom. The van der Waals surface area contributed by atoms with Gasteiger partial charge in [-0.25, -0.2) is 0 Å². The third-order valence-corrected chi connectivity index (χ3v) is 4.65. The zero-order chi connectivity index (χ0) is 15.6. The molecule has 0 radical (unpaired) electrons. The number of hydrogen-bond acceptors (Lipinski definition) is 2. The van der Waals surface area contributed by atoms with Gasteiger partial charge in [-0.15, -0.1) is 13.2 Å². The average molecular weight is 301 g/mol. The van der Waals surface area contributed by atoms with E-state index in [4.69, 9.17) is 5.73 Å². The molecule has 1 aromatic carbocycles. The highest BCUT2D eigenvalue weighted by Gasteiger charge is 2.32. The van der Waals surface area contributed by atoms with Crippen molar-refractivity contribution in [2.75, 3.05) is 0 Å². The first-order chi connectivity index (χ1) is 9.76. The zero-order valence-electron chi connectivity index (χ0n) is 12.4. The zero-order valence-corrected chi connectivity index (χ0v) is 12.4. The number of nitrogens with two attached hydrogens (primary N) is 1. The molecule has 4 atom stereocenters. The number of benzene rings is 1. The molecule has 2 rings (SSSR count). The van der Waals surface area contributed by atoms with Gasteiger partial charge in [0.25, 0.3) is 0 Å². The molecular weight excluding hydrogens is 279 g/mol. The maximum atomic E-state index is 12.1. The van der Waals surface area contributed by atoms with Crippen molar-refractivity contribution in [1.29, 1.82) is 0 Å². The highest BCUT2D eigenvalue weighted by molar-refractivity contribution is 5.29. The van der Waals surface area contributed by atoms with Crippen molar-refractivity contribution < 1.29 is 17.9 Å². The maximum absolute atomic E-state index is 12.1. The van der Waals surface area contributed by atoms with Crippen molar-refractivity contribution in [3.8, 4) is 5.75 Å². The molecule has 0 spiro atoms. The van der Waals surface area contributed by atoms with Gasteiger partial charge in [0, 0.05) is 6.04 Å². The molecule has 0 aliphatic heterocycles. The molecule has 0 heterocycles. The Hall–Kier alpha value is -1.23. The Morgan fingerprint density at radius 1 is 1.10 bits per heavy atom. The van der Waals surface area contributed by atoms with Gasteiger partial charge < -0.3 is 10.5 Å². The minimum Gasteiger partial charge on any atom is -0.406 e. The van der Waals surface area contributed by atoms with Crippen LogP contribution in [0, 0.1) is 17.8 Å². The van der Waals surface area contributed by atoms with Crippen LogP contribution in [0.1, 0.15) is 44.7 Å². The largest absolute Gasteiger partial charge is 0.573 e. The average Bonchev–Trinajstić information content (AvgIpc) is 2.40. The van der Waals surface area contributed by atoms with Crippen LogP contribution in [0.15, 0.2) is 24.3 Å². The molecule has 0 saturated heterocycles. The van der Waals surface area contributed by atoms with Crippen molar-refractivity contribution in [3.05, 3.63) is 29.8 Å². The van der Waals surface area contributed by atoms with E-state index < -0.39 is 6.36 Å². The van der Waals surface area contributed by atoms with Crippen LogP contribution in [-0.4, -0.2) is 6.36 Å². The summed E-state index contributed by atoms with van der Waals surface area (Å²) in [5, 5.41) is 0. The molecule has 2 N–H and O–H groups in total. The predicted molar refractivity (Wildman–Crippen MR) is 75.7 cm³/mol. The highest BCUT2D eigenvalue weighted by atomic mass is 19.4. The molecule has 1 saturated carbocycles. The van der Waals surface area contributed by atoms with E-state index in [2.05, 4.69) is 18.6 Å². The summed E-state index contributed by atoms with van der Waals surface area (Å²) < 4.78 is 40.2. The van der Waals surface area contributed by atoms with Crippen LogP contribution in [0.5, 0.6) is 5.75 Å². The van der Waals surface area contributed by atoms with E-state index in [1.807, 2.05) is 0 Å². The Balaban J connectivity index is 2.01. The topological polar surface area (TPSA) is 35.2 Å². The standard InChI is InChI=1S/C16H22F3NO/c1-10-3-4-13(9-11(10)2)15(20)12-5-7-14(8-6-12)21-16(17,18)19/h5-8,10-11,13,15H,3-4,9,20H2,1-2H3. The quantitative estimate of drug-likeness (QED) is 0.881. The van der Waals surface area contributed by atoms with Gasteiger partial charge in [0.15, 0.2) is 0 Å². The fourth-order valence-electron chi connectivity index (χ4n) is 3.08. The minimum absolute atomic E-state index is 0.125. The molecule has 1 aliphatic rings. The Labute approximate surface area is 123 Å². The van der Waals surface area contributed by atoms with Crippen molar-refractivity contribution in [1.82, 2.24) is 0 Å². The smallest absolute Gasteiger partial charge is 0.406 e. The summed E-state index contributed by atoms with van der Waals surface area (Å²) in [6, 6.07) is 5.80. The summed E-state index contributed by atoms with van der Waals surface area (Å²) in [6.45, 7) is 4.50. The molecule has 21 heavy (non-hydrogen) atoms. The molecule has 0 amide bonds. The SMILES string of the molecule is CC1CCC(C(N)c2ccc(OC(F)(F)F)cc2)CC1C. The van der Waals surface area contributed by atoms with Gasteiger partial charge in [0.05, 0.1) is 0 Å². The molecule has 0 bridgehead atoms. The lowest BCUT2D eigenvalue weighted by atomic mass is 9.72. The number of alkyl halides is 3. The predicted octanol–water partition coefficient (Wildman–Crippen LogP) is 4.66. The van der Waals surface area contributed by atoms with E-state index in [-0.39, 0.29) is 11.8 Å². The van der Waals surface area contributed by atoms with Crippen molar-refractivity contribution in [2.24, 2.45) is 23.5 Å². The molecule has 5 heteroatoms. The number of ether oxygens (including phenoxy) is 1. The number of halogens is 3. The van der Waals surface area contributed by atoms with Gasteiger partial charge in [-0.1, -0.05) is 32.4 Å². The van der Waals surface area contributed by atoms with Gasteiger partial charge in [0.1, 0.15) is 5.75 Å². The molecule has 1 fully saturated rings. The second-order valence-corrected chi connectivity index (χ2v) is 6.17. The Kier molecular flexibility index (Phi) is 4.81. The lowest BCUT2D eigenvalue weighted by Crippen LogP contribution is -2.29. The molecule has 1 aliphatic carbocycles. The first kappa shape index (κ1) is 16.1. The summed E-state index contributed by atoms with van der Waals surface area (Å²) in [4.78, 5) is 0. The van der Waals surface area contributed by atoms with E-state index in [0.717, 1.165) is 30.7 Å². The monoisotopic (exact) mass is 301 g/mol. The normalized spacial score (nSPS) is 28.2. The summed E-state index contributed by atoms with van der Waals surface area (Å²) >= 11 is 0. The second-order valence-electron chi connectivity index (χ2n) is 6.17. The second kappa shape index (κ2) is 6.26. The van der Waals surface area contributed by atoms with Crippen molar-refractivity contribution in [3.63, 3.8) is 0 Å².